The Balaban J connectivity index is 2.12. The molecule has 100 valence electrons. The molecule has 0 spiro atoms. The fourth-order valence-electron chi connectivity index (χ4n) is 1.73. The molecule has 4 heteroatoms. The van der Waals surface area contributed by atoms with Crippen LogP contribution >= 0.6 is 11.6 Å². The molecule has 0 bridgehead atoms. The molecular weight excluding hydrogens is 267 g/mol. The van der Waals surface area contributed by atoms with Crippen LogP contribution in [0.1, 0.15) is 16.7 Å². The van der Waals surface area contributed by atoms with Crippen molar-refractivity contribution in [1.29, 1.82) is 0 Å². The molecular formula is C15H14ClFO2. The molecule has 1 N–H and O–H groups in total. The van der Waals surface area contributed by atoms with E-state index in [0.717, 1.165) is 11.1 Å². The third-order valence-corrected chi connectivity index (χ3v) is 3.07. The minimum absolute atomic E-state index is 0.223. The van der Waals surface area contributed by atoms with Crippen LogP contribution in [0, 0.1) is 12.7 Å². The largest absolute Gasteiger partial charge is 0.489 e. The molecule has 0 amide bonds. The molecule has 0 atom stereocenters. The van der Waals surface area contributed by atoms with Gasteiger partial charge in [-0.1, -0.05) is 23.7 Å². The van der Waals surface area contributed by atoms with Crippen LogP contribution in [0.15, 0.2) is 36.4 Å². The van der Waals surface area contributed by atoms with E-state index in [1.807, 2.05) is 25.1 Å². The summed E-state index contributed by atoms with van der Waals surface area (Å²) < 4.78 is 18.8. The van der Waals surface area contributed by atoms with Gasteiger partial charge in [0.25, 0.3) is 0 Å². The number of ether oxygens (including phenoxy) is 1. The van der Waals surface area contributed by atoms with Gasteiger partial charge in [0.15, 0.2) is 0 Å². The highest BCUT2D eigenvalue weighted by Crippen LogP contribution is 2.21. The number of hydrogen-bond acceptors (Lipinski definition) is 2. The average molecular weight is 281 g/mol. The molecule has 0 radical (unpaired) electrons. The summed E-state index contributed by atoms with van der Waals surface area (Å²) in [6.07, 6.45) is 0. The molecule has 0 aliphatic heterocycles. The molecule has 2 rings (SSSR count). The quantitative estimate of drug-likeness (QED) is 0.921. The first-order valence-electron chi connectivity index (χ1n) is 5.86. The van der Waals surface area contributed by atoms with E-state index < -0.39 is 5.82 Å². The van der Waals surface area contributed by atoms with E-state index in [0.29, 0.717) is 16.3 Å². The van der Waals surface area contributed by atoms with E-state index in [1.54, 1.807) is 6.07 Å². The number of aliphatic hydroxyl groups excluding tert-OH is 1. The van der Waals surface area contributed by atoms with Crippen LogP contribution in [0.3, 0.4) is 0 Å². The molecule has 19 heavy (non-hydrogen) atoms. The van der Waals surface area contributed by atoms with Gasteiger partial charge < -0.3 is 9.84 Å². The number of aliphatic hydroxyl groups is 1. The third-order valence-electron chi connectivity index (χ3n) is 2.72. The molecule has 0 saturated heterocycles. The number of hydrogen-bond donors (Lipinski definition) is 1. The Morgan fingerprint density at radius 1 is 1.21 bits per heavy atom. The summed E-state index contributed by atoms with van der Waals surface area (Å²) in [4.78, 5) is 0. The summed E-state index contributed by atoms with van der Waals surface area (Å²) in [5, 5.41) is 9.63. The number of halogens is 2. The zero-order valence-corrected chi connectivity index (χ0v) is 11.2. The van der Waals surface area contributed by atoms with Crippen LogP contribution in [0.25, 0.3) is 0 Å². The molecule has 2 aromatic carbocycles. The normalized spacial score (nSPS) is 10.5. The maximum Gasteiger partial charge on any atom is 0.127 e. The Morgan fingerprint density at radius 3 is 2.68 bits per heavy atom. The van der Waals surface area contributed by atoms with Crippen LogP contribution in [-0.2, 0) is 13.2 Å². The Bertz CT molecular complexity index is 584. The van der Waals surface area contributed by atoms with E-state index in [4.69, 9.17) is 21.4 Å². The van der Waals surface area contributed by atoms with Crippen molar-refractivity contribution in [1.82, 2.24) is 0 Å². The summed E-state index contributed by atoms with van der Waals surface area (Å²) in [5.74, 6) is -0.0581. The highest BCUT2D eigenvalue weighted by molar-refractivity contribution is 6.31. The molecule has 0 unspecified atom stereocenters. The fourth-order valence-corrected chi connectivity index (χ4v) is 2.02. The van der Waals surface area contributed by atoms with Crippen LogP contribution in [0.5, 0.6) is 5.75 Å². The van der Waals surface area contributed by atoms with Gasteiger partial charge in [0.05, 0.1) is 6.61 Å². The second-order valence-electron chi connectivity index (χ2n) is 4.34. The van der Waals surface area contributed by atoms with Gasteiger partial charge in [0.1, 0.15) is 18.2 Å². The maximum absolute atomic E-state index is 13.3. The molecule has 0 aliphatic carbocycles. The van der Waals surface area contributed by atoms with Crippen LogP contribution in [0.4, 0.5) is 4.39 Å². The molecule has 0 heterocycles. The van der Waals surface area contributed by atoms with Crippen molar-refractivity contribution in [2.45, 2.75) is 20.1 Å². The van der Waals surface area contributed by atoms with Crippen molar-refractivity contribution in [2.24, 2.45) is 0 Å². The second-order valence-corrected chi connectivity index (χ2v) is 4.74. The predicted octanol–water partition coefficient (Wildman–Crippen LogP) is 3.86. The lowest BCUT2D eigenvalue weighted by atomic mass is 10.1. The number of rotatable bonds is 4. The van der Waals surface area contributed by atoms with E-state index in [2.05, 4.69) is 0 Å². The van der Waals surface area contributed by atoms with Crippen molar-refractivity contribution < 1.29 is 14.2 Å². The van der Waals surface area contributed by atoms with E-state index in [-0.39, 0.29) is 13.2 Å². The second kappa shape index (κ2) is 6.04. The van der Waals surface area contributed by atoms with Crippen molar-refractivity contribution in [3.63, 3.8) is 0 Å². The minimum atomic E-state index is -0.434. The lowest BCUT2D eigenvalue weighted by Crippen LogP contribution is -1.98. The van der Waals surface area contributed by atoms with Gasteiger partial charge in [-0.2, -0.15) is 0 Å². The molecule has 0 fully saturated rings. The first kappa shape index (κ1) is 13.8. The van der Waals surface area contributed by atoms with Crippen LogP contribution in [-0.4, -0.2) is 5.11 Å². The van der Waals surface area contributed by atoms with Crippen molar-refractivity contribution in [3.8, 4) is 5.75 Å². The summed E-state index contributed by atoms with van der Waals surface area (Å²) in [6.45, 7) is 1.99. The van der Waals surface area contributed by atoms with Gasteiger partial charge in [0.2, 0.25) is 0 Å². The Labute approximate surface area is 116 Å². The zero-order valence-electron chi connectivity index (χ0n) is 10.5. The Morgan fingerprint density at radius 2 is 2.00 bits per heavy atom. The van der Waals surface area contributed by atoms with Gasteiger partial charge in [-0.3, -0.25) is 0 Å². The van der Waals surface area contributed by atoms with Gasteiger partial charge in [-0.25, -0.2) is 4.39 Å². The van der Waals surface area contributed by atoms with Gasteiger partial charge in [-0.05, 0) is 36.2 Å². The topological polar surface area (TPSA) is 29.5 Å². The van der Waals surface area contributed by atoms with Crippen molar-refractivity contribution >= 4 is 11.6 Å². The smallest absolute Gasteiger partial charge is 0.127 e. The summed E-state index contributed by atoms with van der Waals surface area (Å²) in [7, 11) is 0. The first-order chi connectivity index (χ1) is 9.08. The first-order valence-corrected chi connectivity index (χ1v) is 6.24. The van der Waals surface area contributed by atoms with E-state index in [1.165, 1.54) is 12.1 Å². The van der Waals surface area contributed by atoms with Crippen molar-refractivity contribution in [2.75, 3.05) is 0 Å². The Hall–Kier alpha value is -1.58. The molecule has 2 aromatic rings. The Kier molecular flexibility index (Phi) is 4.40. The number of benzene rings is 2. The summed E-state index contributed by atoms with van der Waals surface area (Å²) in [6, 6.07) is 9.82. The SMILES string of the molecule is Cc1ccc(COc2cc(F)cc(CO)c2)c(Cl)c1. The predicted molar refractivity (Wildman–Crippen MR) is 72.8 cm³/mol. The monoisotopic (exact) mass is 280 g/mol. The average Bonchev–Trinajstić information content (AvgIpc) is 2.37. The molecule has 0 aliphatic rings. The van der Waals surface area contributed by atoms with Gasteiger partial charge in [0, 0.05) is 16.7 Å². The fraction of sp³-hybridized carbons (Fsp3) is 0.200. The summed E-state index contributed by atoms with van der Waals surface area (Å²) in [5.41, 5.74) is 2.38. The highest BCUT2D eigenvalue weighted by atomic mass is 35.5. The number of aryl methyl sites for hydroxylation is 1. The van der Waals surface area contributed by atoms with E-state index >= 15 is 0 Å². The molecule has 0 aromatic heterocycles. The highest BCUT2D eigenvalue weighted by Gasteiger charge is 2.04. The van der Waals surface area contributed by atoms with Crippen molar-refractivity contribution in [3.05, 3.63) is 63.9 Å². The van der Waals surface area contributed by atoms with Crippen LogP contribution < -0.4 is 4.74 Å². The van der Waals surface area contributed by atoms with E-state index in [9.17, 15) is 4.39 Å². The minimum Gasteiger partial charge on any atom is -0.489 e. The third kappa shape index (κ3) is 3.69. The molecule has 2 nitrogen and oxygen atoms in total. The van der Waals surface area contributed by atoms with Gasteiger partial charge >= 0.3 is 0 Å². The lowest BCUT2D eigenvalue weighted by Gasteiger charge is -2.09. The summed E-state index contributed by atoms with van der Waals surface area (Å²) >= 11 is 6.09. The zero-order chi connectivity index (χ0) is 13.8. The lowest BCUT2D eigenvalue weighted by molar-refractivity contribution is 0.276. The van der Waals surface area contributed by atoms with Crippen LogP contribution in [0.2, 0.25) is 5.02 Å². The van der Waals surface area contributed by atoms with Gasteiger partial charge in [-0.15, -0.1) is 0 Å². The molecule has 0 saturated carbocycles. The maximum atomic E-state index is 13.3. The standard InChI is InChI=1S/C15H14ClFO2/c1-10-2-3-12(15(16)4-10)9-19-14-6-11(8-18)5-13(17)7-14/h2-7,18H,8-9H2,1H3.